The van der Waals surface area contributed by atoms with Crippen LogP contribution < -0.4 is 0 Å². The van der Waals surface area contributed by atoms with Crippen LogP contribution in [0.5, 0.6) is 0 Å². The van der Waals surface area contributed by atoms with E-state index < -0.39 is 0 Å². The van der Waals surface area contributed by atoms with Crippen molar-refractivity contribution in [1.29, 1.82) is 5.26 Å². The first kappa shape index (κ1) is 13.7. The number of thioether (sulfide) groups is 1. The fourth-order valence-corrected chi connectivity index (χ4v) is 1.58. The number of benzene rings is 1. The van der Waals surface area contributed by atoms with Gasteiger partial charge in [0.05, 0.1) is 0 Å². The van der Waals surface area contributed by atoms with Gasteiger partial charge in [-0.25, -0.2) is 0 Å². The SMILES string of the molecule is CC.CC(=O)Cc1ccccc1SC#N. The van der Waals surface area contributed by atoms with Crippen LogP contribution in [-0.4, -0.2) is 5.78 Å². The average molecular weight is 221 g/mol. The number of ketones is 1. The molecule has 0 saturated heterocycles. The van der Waals surface area contributed by atoms with Gasteiger partial charge in [0.15, 0.2) is 0 Å². The molecule has 3 heteroatoms. The van der Waals surface area contributed by atoms with E-state index >= 15 is 0 Å². The summed E-state index contributed by atoms with van der Waals surface area (Å²) in [6.07, 6.45) is 0.408. The highest BCUT2D eigenvalue weighted by atomic mass is 32.2. The van der Waals surface area contributed by atoms with Crippen molar-refractivity contribution in [3.05, 3.63) is 29.8 Å². The van der Waals surface area contributed by atoms with Crippen LogP contribution in [0.15, 0.2) is 29.2 Å². The van der Waals surface area contributed by atoms with Crippen molar-refractivity contribution in [2.75, 3.05) is 0 Å². The molecule has 1 rings (SSSR count). The van der Waals surface area contributed by atoms with Crippen LogP contribution in [0.25, 0.3) is 0 Å². The quantitative estimate of drug-likeness (QED) is 0.580. The molecule has 0 spiro atoms. The normalized spacial score (nSPS) is 8.40. The van der Waals surface area contributed by atoms with Gasteiger partial charge in [0, 0.05) is 11.3 Å². The molecular weight excluding hydrogens is 206 g/mol. The van der Waals surface area contributed by atoms with Crippen LogP contribution in [0.3, 0.4) is 0 Å². The molecule has 0 radical (unpaired) electrons. The second-order valence-corrected chi connectivity index (χ2v) is 3.51. The van der Waals surface area contributed by atoms with Crippen LogP contribution in [0.1, 0.15) is 26.3 Å². The molecule has 15 heavy (non-hydrogen) atoms. The predicted molar refractivity (Wildman–Crippen MR) is 63.6 cm³/mol. The third-order valence-corrected chi connectivity index (χ3v) is 2.28. The monoisotopic (exact) mass is 221 g/mol. The number of thiocyanates is 1. The van der Waals surface area contributed by atoms with Gasteiger partial charge in [-0.05, 0) is 30.3 Å². The fraction of sp³-hybridized carbons (Fsp3) is 0.333. The minimum atomic E-state index is 0.117. The maximum atomic E-state index is 10.9. The lowest BCUT2D eigenvalue weighted by molar-refractivity contribution is -0.116. The third kappa shape index (κ3) is 5.24. The van der Waals surface area contributed by atoms with Crippen molar-refractivity contribution < 1.29 is 4.79 Å². The minimum Gasteiger partial charge on any atom is -0.300 e. The van der Waals surface area contributed by atoms with Gasteiger partial charge in [0.1, 0.15) is 11.2 Å². The largest absolute Gasteiger partial charge is 0.300 e. The second kappa shape index (κ2) is 8.07. The Labute approximate surface area is 95.3 Å². The van der Waals surface area contributed by atoms with Gasteiger partial charge < -0.3 is 0 Å². The molecule has 80 valence electrons. The number of rotatable bonds is 3. The Kier molecular flexibility index (Phi) is 7.39. The summed E-state index contributed by atoms with van der Waals surface area (Å²) in [5, 5.41) is 10.5. The number of carbonyl (C=O) groups excluding carboxylic acids is 1. The summed E-state index contributed by atoms with van der Waals surface area (Å²) in [5.41, 5.74) is 0.932. The zero-order valence-corrected chi connectivity index (χ0v) is 10.1. The summed E-state index contributed by atoms with van der Waals surface area (Å²) in [5.74, 6) is 0.117. The van der Waals surface area contributed by atoms with E-state index in [4.69, 9.17) is 5.26 Å². The number of hydrogen-bond acceptors (Lipinski definition) is 3. The molecule has 0 heterocycles. The Bertz CT molecular complexity index is 355. The first-order chi connectivity index (χ1) is 7.24. The predicted octanol–water partition coefficient (Wildman–Crippen LogP) is 3.42. The van der Waals surface area contributed by atoms with Gasteiger partial charge in [-0.2, -0.15) is 5.26 Å². The zero-order valence-electron chi connectivity index (χ0n) is 9.28. The van der Waals surface area contributed by atoms with Gasteiger partial charge in [0.25, 0.3) is 0 Å². The molecule has 0 aromatic heterocycles. The van der Waals surface area contributed by atoms with E-state index in [1.807, 2.05) is 43.5 Å². The highest BCUT2D eigenvalue weighted by Crippen LogP contribution is 2.21. The molecule has 0 aliphatic rings. The summed E-state index contributed by atoms with van der Waals surface area (Å²) in [7, 11) is 0. The molecule has 2 nitrogen and oxygen atoms in total. The summed E-state index contributed by atoms with van der Waals surface area (Å²) in [6, 6.07) is 7.47. The Balaban J connectivity index is 0.000000921. The topological polar surface area (TPSA) is 40.9 Å². The van der Waals surface area contributed by atoms with Gasteiger partial charge in [-0.15, -0.1) is 0 Å². The van der Waals surface area contributed by atoms with E-state index in [-0.39, 0.29) is 5.78 Å². The molecule has 0 fully saturated rings. The van der Waals surface area contributed by atoms with E-state index in [1.165, 1.54) is 0 Å². The first-order valence-electron chi connectivity index (χ1n) is 4.87. The van der Waals surface area contributed by atoms with Crippen LogP contribution in [0.2, 0.25) is 0 Å². The summed E-state index contributed by atoms with van der Waals surface area (Å²) in [6.45, 7) is 5.55. The van der Waals surface area contributed by atoms with Crippen LogP contribution in [-0.2, 0) is 11.2 Å². The maximum Gasteiger partial charge on any atom is 0.138 e. The van der Waals surface area contributed by atoms with Crippen molar-refractivity contribution in [3.8, 4) is 5.40 Å². The van der Waals surface area contributed by atoms with E-state index in [0.717, 1.165) is 22.2 Å². The minimum absolute atomic E-state index is 0.117. The second-order valence-electron chi connectivity index (χ2n) is 2.68. The lowest BCUT2D eigenvalue weighted by atomic mass is 10.1. The average Bonchev–Trinajstić information content (AvgIpc) is 2.23. The van der Waals surface area contributed by atoms with Crippen molar-refractivity contribution in [2.45, 2.75) is 32.1 Å². The molecule has 0 amide bonds. The number of nitrogens with zero attached hydrogens (tertiary/aromatic N) is 1. The highest BCUT2D eigenvalue weighted by Gasteiger charge is 2.03. The van der Waals surface area contributed by atoms with Gasteiger partial charge >= 0.3 is 0 Å². The number of Topliss-reactive ketones (excluding diaryl/α,β-unsaturated/α-hetero) is 1. The molecule has 0 atom stereocenters. The molecule has 0 unspecified atom stereocenters. The smallest absolute Gasteiger partial charge is 0.138 e. The van der Waals surface area contributed by atoms with Crippen LogP contribution in [0.4, 0.5) is 0 Å². The highest BCUT2D eigenvalue weighted by molar-refractivity contribution is 8.03. The number of carbonyl (C=O) groups is 1. The van der Waals surface area contributed by atoms with Crippen molar-refractivity contribution in [3.63, 3.8) is 0 Å². The zero-order chi connectivity index (χ0) is 11.7. The van der Waals surface area contributed by atoms with Crippen molar-refractivity contribution in [2.24, 2.45) is 0 Å². The van der Waals surface area contributed by atoms with E-state index in [1.54, 1.807) is 6.92 Å². The molecule has 0 bridgehead atoms. The Morgan fingerprint density at radius 1 is 1.40 bits per heavy atom. The van der Waals surface area contributed by atoms with Crippen molar-refractivity contribution >= 4 is 17.5 Å². The Morgan fingerprint density at radius 3 is 2.53 bits per heavy atom. The van der Waals surface area contributed by atoms with E-state index in [0.29, 0.717) is 6.42 Å². The molecule has 0 aliphatic heterocycles. The number of hydrogen-bond donors (Lipinski definition) is 0. The summed E-state index contributed by atoms with van der Waals surface area (Å²) >= 11 is 1.10. The summed E-state index contributed by atoms with van der Waals surface area (Å²) in [4.78, 5) is 11.8. The van der Waals surface area contributed by atoms with Crippen molar-refractivity contribution in [1.82, 2.24) is 0 Å². The Hall–Kier alpha value is -1.27. The molecule has 0 saturated carbocycles. The van der Waals surface area contributed by atoms with Gasteiger partial charge in [-0.3, -0.25) is 4.79 Å². The van der Waals surface area contributed by atoms with Crippen LogP contribution in [0, 0.1) is 10.7 Å². The number of nitriles is 1. The molecular formula is C12H15NOS. The van der Waals surface area contributed by atoms with Gasteiger partial charge in [-0.1, -0.05) is 32.0 Å². The third-order valence-electron chi connectivity index (χ3n) is 1.57. The Morgan fingerprint density at radius 2 is 2.00 bits per heavy atom. The van der Waals surface area contributed by atoms with Gasteiger partial charge in [0.2, 0.25) is 0 Å². The fourth-order valence-electron chi connectivity index (χ4n) is 1.07. The lowest BCUT2D eigenvalue weighted by Gasteiger charge is -2.02. The van der Waals surface area contributed by atoms with Crippen LogP contribution >= 0.6 is 11.8 Å². The summed E-state index contributed by atoms with van der Waals surface area (Å²) < 4.78 is 0. The molecule has 1 aromatic rings. The molecule has 1 aromatic carbocycles. The maximum absolute atomic E-state index is 10.9. The lowest BCUT2D eigenvalue weighted by Crippen LogP contribution is -1.97. The molecule has 0 aliphatic carbocycles. The van der Waals surface area contributed by atoms with E-state index in [9.17, 15) is 4.79 Å². The molecule has 0 N–H and O–H groups in total. The van der Waals surface area contributed by atoms with E-state index in [2.05, 4.69) is 0 Å². The standard InChI is InChI=1S/C10H9NOS.C2H6/c1-8(12)6-9-4-2-3-5-10(9)13-7-11;1-2/h2-5H,6H2,1H3;1-2H3. The first-order valence-corrected chi connectivity index (χ1v) is 5.69.